The number of carboxylic acids is 1. The van der Waals surface area contributed by atoms with Crippen molar-refractivity contribution in [3.63, 3.8) is 0 Å². The van der Waals surface area contributed by atoms with Crippen molar-refractivity contribution in [1.82, 2.24) is 10.3 Å². The highest BCUT2D eigenvalue weighted by Gasteiger charge is 2.23. The molecule has 3 aromatic rings. The van der Waals surface area contributed by atoms with Gasteiger partial charge in [-0.3, -0.25) is 14.4 Å². The summed E-state index contributed by atoms with van der Waals surface area (Å²) in [5.41, 5.74) is 2.68. The minimum Gasteiger partial charge on any atom is -0.481 e. The van der Waals surface area contributed by atoms with Gasteiger partial charge in [0, 0.05) is 23.5 Å². The Balaban J connectivity index is 1.75. The zero-order valence-electron chi connectivity index (χ0n) is 15.1. The number of carbonyl (C=O) groups excluding carboxylic acids is 2. The summed E-state index contributed by atoms with van der Waals surface area (Å²) in [6.45, 7) is 0. The molecule has 1 atom stereocenters. The smallest absolute Gasteiger partial charge is 0.313 e. The van der Waals surface area contributed by atoms with E-state index in [0.717, 1.165) is 22.0 Å². The number of aromatic nitrogens is 1. The molecule has 3 rings (SSSR count). The topological polar surface area (TPSA) is 99.3 Å². The molecule has 0 aliphatic carbocycles. The number of thioether (sulfide) groups is 1. The molecule has 144 valence electrons. The number of hydrogen-bond donors (Lipinski definition) is 3. The molecule has 1 aromatic heterocycles. The molecule has 0 aliphatic heterocycles. The van der Waals surface area contributed by atoms with E-state index < -0.39 is 12.0 Å². The molecule has 0 bridgehead atoms. The van der Waals surface area contributed by atoms with Crippen molar-refractivity contribution in [3.8, 4) is 0 Å². The number of fused-ring (bicyclic) bond motifs is 1. The third-order valence-electron chi connectivity index (χ3n) is 4.26. The Labute approximate surface area is 166 Å². The van der Waals surface area contributed by atoms with Gasteiger partial charge in [0.05, 0.1) is 12.2 Å². The van der Waals surface area contributed by atoms with Gasteiger partial charge in [0.2, 0.25) is 11.0 Å². The van der Waals surface area contributed by atoms with Crippen molar-refractivity contribution in [1.29, 1.82) is 0 Å². The average Bonchev–Trinajstić information content (AvgIpc) is 3.09. The molecule has 3 N–H and O–H groups in total. The number of rotatable bonds is 8. The van der Waals surface area contributed by atoms with E-state index in [4.69, 9.17) is 5.11 Å². The zero-order valence-corrected chi connectivity index (χ0v) is 15.9. The number of aliphatic carboxylic acids is 1. The van der Waals surface area contributed by atoms with Gasteiger partial charge < -0.3 is 15.4 Å². The molecule has 0 radical (unpaired) electrons. The molecule has 0 fully saturated rings. The number of hydrogen-bond acceptors (Lipinski definition) is 4. The lowest BCUT2D eigenvalue weighted by molar-refractivity contribution is -0.134. The summed E-state index contributed by atoms with van der Waals surface area (Å²) in [6.07, 6.45) is 2.26. The first kappa shape index (κ1) is 19.7. The fourth-order valence-electron chi connectivity index (χ4n) is 2.97. The molecule has 1 heterocycles. The number of benzene rings is 2. The minimum atomic E-state index is -1.07. The fourth-order valence-corrected chi connectivity index (χ4v) is 3.58. The van der Waals surface area contributed by atoms with Crippen LogP contribution in [0.5, 0.6) is 0 Å². The minimum absolute atomic E-state index is 0.155. The lowest BCUT2D eigenvalue weighted by atomic mass is 10.0. The number of para-hydroxylation sites is 1. The van der Waals surface area contributed by atoms with E-state index in [0.29, 0.717) is 11.8 Å². The number of carbonyl (C=O) groups is 3. The normalized spacial score (nSPS) is 11.9. The van der Waals surface area contributed by atoms with Gasteiger partial charge in [-0.25, -0.2) is 0 Å². The van der Waals surface area contributed by atoms with Crippen molar-refractivity contribution < 1.29 is 19.5 Å². The fraction of sp³-hybridized carbons (Fsp3) is 0.190. The van der Waals surface area contributed by atoms with E-state index in [2.05, 4.69) is 10.3 Å². The maximum Gasteiger partial charge on any atom is 0.313 e. The highest BCUT2D eigenvalue weighted by molar-refractivity contribution is 8.14. The SMILES string of the molecule is O=C(O)CSC(=O)C(Cc1c[nH]c2ccccc12)NC(=O)Cc1ccccc1. The molecule has 1 amide bonds. The van der Waals surface area contributed by atoms with E-state index in [1.165, 1.54) is 0 Å². The van der Waals surface area contributed by atoms with Gasteiger partial charge in [0.25, 0.3) is 0 Å². The van der Waals surface area contributed by atoms with Gasteiger partial charge in [-0.1, -0.05) is 60.3 Å². The van der Waals surface area contributed by atoms with Crippen molar-refractivity contribution >= 4 is 39.7 Å². The van der Waals surface area contributed by atoms with Crippen LogP contribution < -0.4 is 5.32 Å². The molecule has 1 unspecified atom stereocenters. The van der Waals surface area contributed by atoms with Crippen LogP contribution in [-0.4, -0.2) is 38.9 Å². The van der Waals surface area contributed by atoms with Crippen LogP contribution in [0.3, 0.4) is 0 Å². The summed E-state index contributed by atoms with van der Waals surface area (Å²) >= 11 is 0.705. The van der Waals surface area contributed by atoms with Gasteiger partial charge in [0.15, 0.2) is 0 Å². The predicted octanol–water partition coefficient (Wildman–Crippen LogP) is 2.78. The highest BCUT2D eigenvalue weighted by atomic mass is 32.2. The highest BCUT2D eigenvalue weighted by Crippen LogP contribution is 2.21. The summed E-state index contributed by atoms with van der Waals surface area (Å²) in [6, 6.07) is 16.1. The molecular formula is C21H20N2O4S. The number of nitrogens with one attached hydrogen (secondary N) is 2. The molecule has 0 aliphatic rings. The van der Waals surface area contributed by atoms with Gasteiger partial charge in [-0.2, -0.15) is 0 Å². The van der Waals surface area contributed by atoms with Crippen molar-refractivity contribution in [2.24, 2.45) is 0 Å². The quantitative estimate of drug-likeness (QED) is 0.544. The summed E-state index contributed by atoms with van der Waals surface area (Å²) in [7, 11) is 0. The second-order valence-corrected chi connectivity index (χ2v) is 7.33. The Hall–Kier alpha value is -3.06. The summed E-state index contributed by atoms with van der Waals surface area (Å²) in [4.78, 5) is 39.0. The van der Waals surface area contributed by atoms with Crippen LogP contribution in [0.4, 0.5) is 0 Å². The standard InChI is InChI=1S/C21H20N2O4S/c24-19(10-14-6-2-1-3-7-14)23-18(21(27)28-13-20(25)26)11-15-12-22-17-9-5-4-8-16(15)17/h1-9,12,18,22H,10-11,13H2,(H,23,24)(H,25,26). The monoisotopic (exact) mass is 396 g/mol. The van der Waals surface area contributed by atoms with Crippen LogP contribution in [0.25, 0.3) is 10.9 Å². The van der Waals surface area contributed by atoms with Gasteiger partial charge in [-0.05, 0) is 17.2 Å². The van der Waals surface area contributed by atoms with Crippen LogP contribution in [0.1, 0.15) is 11.1 Å². The van der Waals surface area contributed by atoms with E-state index in [1.807, 2.05) is 60.8 Å². The Morgan fingerprint density at radius 2 is 1.75 bits per heavy atom. The molecule has 0 spiro atoms. The Morgan fingerprint density at radius 1 is 1.04 bits per heavy atom. The van der Waals surface area contributed by atoms with E-state index in [1.54, 1.807) is 0 Å². The lowest BCUT2D eigenvalue weighted by Gasteiger charge is -2.17. The second kappa shape index (κ2) is 9.23. The molecule has 0 saturated heterocycles. The van der Waals surface area contributed by atoms with Crippen molar-refractivity contribution in [3.05, 3.63) is 71.9 Å². The number of amides is 1. The molecule has 6 nitrogen and oxygen atoms in total. The third-order valence-corrected chi connectivity index (χ3v) is 5.22. The first-order chi connectivity index (χ1) is 13.5. The van der Waals surface area contributed by atoms with E-state index in [9.17, 15) is 14.4 Å². The average molecular weight is 396 g/mol. The van der Waals surface area contributed by atoms with Gasteiger partial charge in [-0.15, -0.1) is 0 Å². The number of aromatic amines is 1. The number of carboxylic acid groups (broad SMARTS) is 1. The summed E-state index contributed by atoms with van der Waals surface area (Å²) in [5.74, 6) is -1.68. The number of H-pyrrole nitrogens is 1. The Morgan fingerprint density at radius 3 is 2.50 bits per heavy atom. The zero-order chi connectivity index (χ0) is 19.9. The summed E-state index contributed by atoms with van der Waals surface area (Å²) in [5, 5.41) is 12.2. The lowest BCUT2D eigenvalue weighted by Crippen LogP contribution is -2.42. The van der Waals surface area contributed by atoms with Gasteiger partial charge in [0.1, 0.15) is 6.04 Å². The first-order valence-electron chi connectivity index (χ1n) is 8.79. The Bertz CT molecular complexity index is 984. The van der Waals surface area contributed by atoms with Crippen molar-refractivity contribution in [2.45, 2.75) is 18.9 Å². The molecule has 28 heavy (non-hydrogen) atoms. The van der Waals surface area contributed by atoms with Gasteiger partial charge >= 0.3 is 5.97 Å². The maximum atomic E-state index is 12.6. The van der Waals surface area contributed by atoms with Crippen LogP contribution in [-0.2, 0) is 27.2 Å². The maximum absolute atomic E-state index is 12.6. The first-order valence-corrected chi connectivity index (χ1v) is 9.78. The van der Waals surface area contributed by atoms with E-state index >= 15 is 0 Å². The molecule has 0 saturated carbocycles. The van der Waals surface area contributed by atoms with Crippen molar-refractivity contribution in [2.75, 3.05) is 5.75 Å². The van der Waals surface area contributed by atoms with Crippen LogP contribution in [0.2, 0.25) is 0 Å². The van der Waals surface area contributed by atoms with Crippen LogP contribution in [0.15, 0.2) is 60.8 Å². The largest absolute Gasteiger partial charge is 0.481 e. The van der Waals surface area contributed by atoms with E-state index in [-0.39, 0.29) is 29.6 Å². The predicted molar refractivity (Wildman–Crippen MR) is 109 cm³/mol. The van der Waals surface area contributed by atoms with Crippen LogP contribution >= 0.6 is 11.8 Å². The molecule has 2 aromatic carbocycles. The molecular weight excluding hydrogens is 376 g/mol. The second-order valence-electron chi connectivity index (χ2n) is 6.35. The Kier molecular flexibility index (Phi) is 6.49. The summed E-state index contributed by atoms with van der Waals surface area (Å²) < 4.78 is 0. The molecule has 7 heteroatoms. The van der Waals surface area contributed by atoms with Crippen LogP contribution in [0, 0.1) is 0 Å². The third kappa shape index (κ3) is 5.23.